The number of hydrogen-bond donors (Lipinski definition) is 1. The van der Waals surface area contributed by atoms with Crippen molar-refractivity contribution in [1.82, 2.24) is 5.32 Å². The van der Waals surface area contributed by atoms with Crippen LogP contribution >= 0.6 is 11.3 Å². The molecule has 0 aliphatic carbocycles. The van der Waals surface area contributed by atoms with E-state index in [1.165, 1.54) is 11.1 Å². The zero-order chi connectivity index (χ0) is 18.4. The normalized spacial score (nSPS) is 10.7. The first-order chi connectivity index (χ1) is 12.6. The van der Waals surface area contributed by atoms with Gasteiger partial charge in [0, 0.05) is 6.54 Å². The van der Waals surface area contributed by atoms with Gasteiger partial charge in [-0.15, -0.1) is 0 Å². The first-order valence-electron chi connectivity index (χ1n) is 8.73. The van der Waals surface area contributed by atoms with Gasteiger partial charge in [0.25, 0.3) is 5.91 Å². The summed E-state index contributed by atoms with van der Waals surface area (Å²) in [6.07, 6.45) is 0. The van der Waals surface area contributed by atoms with Crippen LogP contribution in [0.4, 0.5) is 0 Å². The summed E-state index contributed by atoms with van der Waals surface area (Å²) in [6.45, 7) is 4.80. The highest BCUT2D eigenvalue weighted by Gasteiger charge is 2.08. The van der Waals surface area contributed by atoms with Gasteiger partial charge in [-0.3, -0.25) is 4.79 Å². The van der Waals surface area contributed by atoms with E-state index in [1.807, 2.05) is 42.5 Å². The molecule has 0 radical (unpaired) electrons. The van der Waals surface area contributed by atoms with Gasteiger partial charge in [-0.2, -0.15) is 11.3 Å². The van der Waals surface area contributed by atoms with Crippen molar-refractivity contribution in [2.75, 3.05) is 6.61 Å². The van der Waals surface area contributed by atoms with Crippen molar-refractivity contribution in [2.24, 2.45) is 0 Å². The van der Waals surface area contributed by atoms with Gasteiger partial charge in [-0.05, 0) is 57.1 Å². The lowest BCUT2D eigenvalue weighted by Crippen LogP contribution is -2.28. The van der Waals surface area contributed by atoms with Crippen molar-refractivity contribution in [3.63, 3.8) is 0 Å². The van der Waals surface area contributed by atoms with E-state index in [1.54, 1.807) is 11.3 Å². The molecular weight excluding hydrogens is 342 g/mol. The fraction of sp³-hybridized carbons (Fsp3) is 0.227. The fourth-order valence-electron chi connectivity index (χ4n) is 2.72. The van der Waals surface area contributed by atoms with Gasteiger partial charge in [-0.25, -0.2) is 0 Å². The van der Waals surface area contributed by atoms with Gasteiger partial charge in [0.1, 0.15) is 5.75 Å². The van der Waals surface area contributed by atoms with Crippen LogP contribution in [-0.4, -0.2) is 12.5 Å². The molecule has 26 heavy (non-hydrogen) atoms. The van der Waals surface area contributed by atoms with E-state index in [9.17, 15) is 4.79 Å². The Labute approximate surface area is 158 Å². The van der Waals surface area contributed by atoms with Crippen LogP contribution in [0.5, 0.6) is 5.75 Å². The van der Waals surface area contributed by atoms with Gasteiger partial charge in [0.15, 0.2) is 6.61 Å². The molecule has 1 aromatic heterocycles. The molecule has 0 aliphatic rings. The molecule has 0 unspecified atom stereocenters. The Bertz CT molecular complexity index is 839. The Balaban J connectivity index is 1.53. The molecule has 3 rings (SSSR count). The second-order valence-electron chi connectivity index (χ2n) is 6.46. The van der Waals surface area contributed by atoms with Crippen molar-refractivity contribution < 1.29 is 9.53 Å². The summed E-state index contributed by atoms with van der Waals surface area (Å²) in [4.78, 5) is 12.1. The second-order valence-corrected chi connectivity index (χ2v) is 7.24. The van der Waals surface area contributed by atoms with Gasteiger partial charge in [-0.1, -0.05) is 50.2 Å². The number of carbonyl (C=O) groups excluding carboxylic acids is 1. The maximum Gasteiger partial charge on any atom is 0.258 e. The number of thiophene rings is 1. The summed E-state index contributed by atoms with van der Waals surface area (Å²) in [5.74, 6) is 1.07. The van der Waals surface area contributed by atoms with Crippen LogP contribution in [0, 0.1) is 0 Å². The minimum atomic E-state index is -0.127. The van der Waals surface area contributed by atoms with Gasteiger partial charge in [0.05, 0.1) is 0 Å². The van der Waals surface area contributed by atoms with Crippen molar-refractivity contribution in [2.45, 2.75) is 26.3 Å². The van der Waals surface area contributed by atoms with Crippen molar-refractivity contribution in [3.8, 4) is 16.9 Å². The number of carbonyl (C=O) groups is 1. The molecule has 0 aliphatic heterocycles. The van der Waals surface area contributed by atoms with Crippen LogP contribution < -0.4 is 10.1 Å². The maximum atomic E-state index is 12.1. The van der Waals surface area contributed by atoms with Crippen LogP contribution in [0.15, 0.2) is 65.4 Å². The van der Waals surface area contributed by atoms with E-state index in [0.29, 0.717) is 18.2 Å². The van der Waals surface area contributed by atoms with Crippen LogP contribution in [-0.2, 0) is 11.3 Å². The van der Waals surface area contributed by atoms with Crippen molar-refractivity contribution in [1.29, 1.82) is 0 Å². The van der Waals surface area contributed by atoms with E-state index in [0.717, 1.165) is 11.1 Å². The molecular formula is C22H23NO2S. The molecule has 3 nitrogen and oxygen atoms in total. The Hall–Kier alpha value is -2.59. The second kappa shape index (κ2) is 8.68. The van der Waals surface area contributed by atoms with E-state index in [4.69, 9.17) is 4.74 Å². The molecule has 1 heterocycles. The lowest BCUT2D eigenvalue weighted by molar-refractivity contribution is -0.123. The number of rotatable bonds is 7. The van der Waals surface area contributed by atoms with Crippen LogP contribution in [0.3, 0.4) is 0 Å². The third-order valence-electron chi connectivity index (χ3n) is 4.24. The maximum absolute atomic E-state index is 12.1. The quantitative estimate of drug-likeness (QED) is 0.622. The standard InChI is InChI=1S/C22H23NO2S/c1-16(2)17-7-9-20(10-8-17)25-14-22(24)23-13-18-5-3-4-6-21(18)19-11-12-26-15-19/h3-12,15-16H,13-14H2,1-2H3,(H,23,24). The molecule has 0 saturated carbocycles. The third kappa shape index (κ3) is 4.73. The molecule has 2 aromatic carbocycles. The molecule has 0 fully saturated rings. The molecule has 1 amide bonds. The highest BCUT2D eigenvalue weighted by Crippen LogP contribution is 2.25. The molecule has 0 atom stereocenters. The van der Waals surface area contributed by atoms with Gasteiger partial charge < -0.3 is 10.1 Å². The van der Waals surface area contributed by atoms with E-state index >= 15 is 0 Å². The number of nitrogens with one attached hydrogen (secondary N) is 1. The smallest absolute Gasteiger partial charge is 0.258 e. The zero-order valence-electron chi connectivity index (χ0n) is 15.1. The number of amides is 1. The molecule has 0 saturated heterocycles. The van der Waals surface area contributed by atoms with E-state index in [2.05, 4.69) is 42.1 Å². The molecule has 0 bridgehead atoms. The van der Waals surface area contributed by atoms with Crippen molar-refractivity contribution >= 4 is 17.2 Å². The predicted molar refractivity (Wildman–Crippen MR) is 108 cm³/mol. The summed E-state index contributed by atoms with van der Waals surface area (Å²) < 4.78 is 5.58. The molecule has 1 N–H and O–H groups in total. The third-order valence-corrected chi connectivity index (χ3v) is 4.93. The highest BCUT2D eigenvalue weighted by molar-refractivity contribution is 7.08. The SMILES string of the molecule is CC(C)c1ccc(OCC(=O)NCc2ccccc2-c2ccsc2)cc1. The summed E-state index contributed by atoms with van der Waals surface area (Å²) in [5.41, 5.74) is 4.69. The summed E-state index contributed by atoms with van der Waals surface area (Å²) in [5, 5.41) is 7.11. The monoisotopic (exact) mass is 365 g/mol. The Kier molecular flexibility index (Phi) is 6.08. The molecule has 4 heteroatoms. The highest BCUT2D eigenvalue weighted by atomic mass is 32.1. The number of ether oxygens (including phenoxy) is 1. The zero-order valence-corrected chi connectivity index (χ0v) is 15.9. The largest absolute Gasteiger partial charge is 0.484 e. The lowest BCUT2D eigenvalue weighted by atomic mass is 10.0. The minimum absolute atomic E-state index is 0.0155. The van der Waals surface area contributed by atoms with Crippen molar-refractivity contribution in [3.05, 3.63) is 76.5 Å². The number of benzene rings is 2. The minimum Gasteiger partial charge on any atom is -0.484 e. The first kappa shape index (κ1) is 18.2. The summed E-state index contributed by atoms with van der Waals surface area (Å²) in [7, 11) is 0. The molecule has 0 spiro atoms. The fourth-order valence-corrected chi connectivity index (χ4v) is 3.37. The first-order valence-corrected chi connectivity index (χ1v) is 9.67. The summed E-state index contributed by atoms with van der Waals surface area (Å²) >= 11 is 1.67. The Morgan fingerprint density at radius 3 is 2.54 bits per heavy atom. The van der Waals surface area contributed by atoms with Crippen LogP contribution in [0.25, 0.3) is 11.1 Å². The molecule has 134 valence electrons. The van der Waals surface area contributed by atoms with E-state index < -0.39 is 0 Å². The van der Waals surface area contributed by atoms with Crippen LogP contribution in [0.2, 0.25) is 0 Å². The summed E-state index contributed by atoms with van der Waals surface area (Å²) in [6, 6.07) is 18.1. The Morgan fingerprint density at radius 2 is 1.85 bits per heavy atom. The van der Waals surface area contributed by atoms with Crippen LogP contribution in [0.1, 0.15) is 30.9 Å². The van der Waals surface area contributed by atoms with E-state index in [-0.39, 0.29) is 12.5 Å². The lowest BCUT2D eigenvalue weighted by Gasteiger charge is -2.11. The topological polar surface area (TPSA) is 38.3 Å². The predicted octanol–water partition coefficient (Wildman–Crippen LogP) is 5.23. The molecule has 3 aromatic rings. The average Bonchev–Trinajstić information content (AvgIpc) is 3.20. The average molecular weight is 365 g/mol. The van der Waals surface area contributed by atoms with Gasteiger partial charge >= 0.3 is 0 Å². The van der Waals surface area contributed by atoms with Gasteiger partial charge in [0.2, 0.25) is 0 Å². The number of hydrogen-bond acceptors (Lipinski definition) is 3. The Morgan fingerprint density at radius 1 is 1.08 bits per heavy atom.